The molecule has 1 atom stereocenters. The van der Waals surface area contributed by atoms with Gasteiger partial charge in [0.15, 0.2) is 0 Å². The Morgan fingerprint density at radius 1 is 1.24 bits per heavy atom. The molecule has 116 valence electrons. The van der Waals surface area contributed by atoms with Gasteiger partial charge in [-0.2, -0.15) is 22.0 Å². The second-order valence-corrected chi connectivity index (χ2v) is 4.77. The number of alkyl halides is 5. The molecule has 21 heavy (non-hydrogen) atoms. The predicted molar refractivity (Wildman–Crippen MR) is 64.7 cm³/mol. The number of amides is 1. The van der Waals surface area contributed by atoms with Crippen molar-refractivity contribution in [1.29, 1.82) is 0 Å². The molecule has 1 heterocycles. The second-order valence-electron chi connectivity index (χ2n) is 4.77. The van der Waals surface area contributed by atoms with Crippen molar-refractivity contribution in [2.75, 3.05) is 13.1 Å². The first-order valence-electron chi connectivity index (χ1n) is 6.23. The molecule has 3 nitrogen and oxygen atoms in total. The van der Waals surface area contributed by atoms with Gasteiger partial charge in [0.25, 0.3) is 0 Å². The molecule has 1 aliphatic rings. The summed E-state index contributed by atoms with van der Waals surface area (Å²) < 4.78 is 63.5. The van der Waals surface area contributed by atoms with Crippen LogP contribution in [-0.4, -0.2) is 36.0 Å². The summed E-state index contributed by atoms with van der Waals surface area (Å²) in [6, 6.07) is 5.70. The van der Waals surface area contributed by atoms with Crippen LogP contribution in [0.15, 0.2) is 24.3 Å². The molecule has 0 aliphatic carbocycles. The maximum absolute atomic E-state index is 13.2. The minimum absolute atomic E-state index is 0.215. The number of carbonyl (C=O) groups excluding carboxylic acids is 1. The number of halogens is 5. The van der Waals surface area contributed by atoms with E-state index in [0.717, 1.165) is 5.56 Å². The van der Waals surface area contributed by atoms with Crippen LogP contribution in [0.1, 0.15) is 17.2 Å². The first kappa shape index (κ1) is 15.7. The average molecular weight is 308 g/mol. The number of hydrogen-bond donors (Lipinski definition) is 1. The normalized spacial score (nSPS) is 19.3. The largest absolute Gasteiger partial charge is 0.463 e. The SMILES string of the molecule is NCC1c2ccccc2CCN1C(=O)C(F)(F)C(F)(F)F. The van der Waals surface area contributed by atoms with E-state index in [9.17, 15) is 26.7 Å². The van der Waals surface area contributed by atoms with Gasteiger partial charge in [0.2, 0.25) is 0 Å². The molecule has 2 N–H and O–H groups in total. The smallest absolute Gasteiger partial charge is 0.328 e. The zero-order chi connectivity index (χ0) is 15.8. The highest BCUT2D eigenvalue weighted by atomic mass is 19.4. The van der Waals surface area contributed by atoms with E-state index in [4.69, 9.17) is 5.73 Å². The van der Waals surface area contributed by atoms with Crippen molar-refractivity contribution in [2.45, 2.75) is 24.6 Å². The Morgan fingerprint density at radius 2 is 1.86 bits per heavy atom. The predicted octanol–water partition coefficient (Wildman–Crippen LogP) is 2.27. The zero-order valence-electron chi connectivity index (χ0n) is 10.8. The summed E-state index contributed by atoms with van der Waals surface area (Å²) in [4.78, 5) is 12.2. The maximum Gasteiger partial charge on any atom is 0.463 e. The molecule has 1 aliphatic heterocycles. The first-order valence-corrected chi connectivity index (χ1v) is 6.23. The highest BCUT2D eigenvalue weighted by molar-refractivity contribution is 5.85. The fourth-order valence-electron chi connectivity index (χ4n) is 2.45. The Morgan fingerprint density at radius 3 is 2.43 bits per heavy atom. The molecule has 0 saturated heterocycles. The number of fused-ring (bicyclic) bond motifs is 1. The van der Waals surface area contributed by atoms with E-state index in [1.165, 1.54) is 0 Å². The summed E-state index contributed by atoms with van der Waals surface area (Å²) in [5.41, 5.74) is 6.79. The van der Waals surface area contributed by atoms with E-state index < -0.39 is 24.0 Å². The first-order chi connectivity index (χ1) is 9.70. The monoisotopic (exact) mass is 308 g/mol. The molecule has 1 aromatic carbocycles. The number of carbonyl (C=O) groups is 1. The highest BCUT2D eigenvalue weighted by Crippen LogP contribution is 2.40. The van der Waals surface area contributed by atoms with Gasteiger partial charge < -0.3 is 10.6 Å². The summed E-state index contributed by atoms with van der Waals surface area (Å²) in [5.74, 6) is -7.66. The molecule has 0 spiro atoms. The van der Waals surface area contributed by atoms with Crippen molar-refractivity contribution in [3.63, 3.8) is 0 Å². The molecule has 0 radical (unpaired) electrons. The van der Waals surface area contributed by atoms with Gasteiger partial charge in [-0.1, -0.05) is 24.3 Å². The molecule has 1 unspecified atom stereocenters. The fraction of sp³-hybridized carbons (Fsp3) is 0.462. The third kappa shape index (κ3) is 2.59. The molecular weight excluding hydrogens is 295 g/mol. The second kappa shape index (κ2) is 5.25. The lowest BCUT2D eigenvalue weighted by atomic mass is 9.92. The minimum Gasteiger partial charge on any atom is -0.328 e. The van der Waals surface area contributed by atoms with Crippen molar-refractivity contribution >= 4 is 5.91 Å². The van der Waals surface area contributed by atoms with Gasteiger partial charge in [-0.05, 0) is 17.5 Å². The lowest BCUT2D eigenvalue weighted by molar-refractivity contribution is -0.275. The molecular formula is C13H13F5N2O. The van der Waals surface area contributed by atoms with Crippen LogP contribution >= 0.6 is 0 Å². The van der Waals surface area contributed by atoms with Gasteiger partial charge >= 0.3 is 18.0 Å². The van der Waals surface area contributed by atoms with Gasteiger partial charge in [0.1, 0.15) is 0 Å². The van der Waals surface area contributed by atoms with Gasteiger partial charge in [0, 0.05) is 13.1 Å². The Bertz CT molecular complexity index is 544. The minimum atomic E-state index is -5.92. The number of benzene rings is 1. The number of nitrogens with two attached hydrogens (primary N) is 1. The van der Waals surface area contributed by atoms with Crippen molar-refractivity contribution in [1.82, 2.24) is 4.90 Å². The molecule has 0 aromatic heterocycles. The van der Waals surface area contributed by atoms with Crippen molar-refractivity contribution < 1.29 is 26.7 Å². The Labute approximate surface area is 117 Å². The molecule has 0 bridgehead atoms. The highest BCUT2D eigenvalue weighted by Gasteiger charge is 2.65. The third-order valence-electron chi connectivity index (χ3n) is 3.52. The summed E-state index contributed by atoms with van der Waals surface area (Å²) in [6.45, 7) is -0.444. The molecule has 0 fully saturated rings. The molecule has 0 saturated carbocycles. The van der Waals surface area contributed by atoms with Crippen LogP contribution in [0.3, 0.4) is 0 Å². The lowest BCUT2D eigenvalue weighted by Gasteiger charge is -2.38. The average Bonchev–Trinajstić information content (AvgIpc) is 2.43. The van der Waals surface area contributed by atoms with Gasteiger partial charge in [-0.25, -0.2) is 0 Å². The van der Waals surface area contributed by atoms with E-state index in [0.29, 0.717) is 10.5 Å². The van der Waals surface area contributed by atoms with Crippen LogP contribution in [-0.2, 0) is 11.2 Å². The molecule has 8 heteroatoms. The quantitative estimate of drug-likeness (QED) is 0.852. The van der Waals surface area contributed by atoms with Crippen LogP contribution in [0.4, 0.5) is 22.0 Å². The Kier molecular flexibility index (Phi) is 3.92. The Balaban J connectivity index is 2.36. The van der Waals surface area contributed by atoms with E-state index >= 15 is 0 Å². The molecule has 1 amide bonds. The third-order valence-corrected chi connectivity index (χ3v) is 3.52. The standard InChI is InChI=1S/C13H13F5N2O/c14-12(15,13(16,17)18)11(21)20-6-5-8-3-1-2-4-9(8)10(20)7-19/h1-4,10H,5-7,19H2. The summed E-state index contributed by atoms with van der Waals surface area (Å²) in [6.07, 6.45) is -5.70. The van der Waals surface area contributed by atoms with E-state index in [-0.39, 0.29) is 19.5 Å². The van der Waals surface area contributed by atoms with Gasteiger partial charge in [-0.15, -0.1) is 0 Å². The molecule has 2 rings (SSSR count). The summed E-state index contributed by atoms with van der Waals surface area (Å²) in [7, 11) is 0. The van der Waals surface area contributed by atoms with Crippen molar-refractivity contribution in [3.05, 3.63) is 35.4 Å². The van der Waals surface area contributed by atoms with Crippen LogP contribution in [0, 0.1) is 0 Å². The van der Waals surface area contributed by atoms with E-state index in [1.807, 2.05) is 0 Å². The maximum atomic E-state index is 13.2. The van der Waals surface area contributed by atoms with Gasteiger partial charge in [0.05, 0.1) is 6.04 Å². The zero-order valence-corrected chi connectivity index (χ0v) is 10.8. The fourth-order valence-corrected chi connectivity index (χ4v) is 2.45. The number of hydrogen-bond acceptors (Lipinski definition) is 2. The van der Waals surface area contributed by atoms with Crippen molar-refractivity contribution in [2.24, 2.45) is 5.73 Å². The topological polar surface area (TPSA) is 46.3 Å². The van der Waals surface area contributed by atoms with E-state index in [1.54, 1.807) is 24.3 Å². The van der Waals surface area contributed by atoms with Crippen LogP contribution in [0.25, 0.3) is 0 Å². The number of nitrogens with zero attached hydrogens (tertiary/aromatic N) is 1. The van der Waals surface area contributed by atoms with E-state index in [2.05, 4.69) is 0 Å². The number of rotatable bonds is 2. The van der Waals surface area contributed by atoms with Crippen LogP contribution < -0.4 is 5.73 Å². The van der Waals surface area contributed by atoms with Crippen LogP contribution in [0.2, 0.25) is 0 Å². The lowest BCUT2D eigenvalue weighted by Crippen LogP contribution is -2.55. The van der Waals surface area contributed by atoms with Gasteiger partial charge in [-0.3, -0.25) is 4.79 Å². The Hall–Kier alpha value is -1.70. The summed E-state index contributed by atoms with van der Waals surface area (Å²) >= 11 is 0. The van der Waals surface area contributed by atoms with Crippen molar-refractivity contribution in [3.8, 4) is 0 Å². The summed E-state index contributed by atoms with van der Waals surface area (Å²) in [5, 5.41) is 0. The molecule has 1 aromatic rings. The van der Waals surface area contributed by atoms with Crippen LogP contribution in [0.5, 0.6) is 0 Å².